The number of hydrogen-bond donors (Lipinski definition) is 3. The van der Waals surface area contributed by atoms with Crippen LogP contribution in [0.15, 0.2) is 6.20 Å². The zero-order chi connectivity index (χ0) is 12.0. The number of hydrogen-bond acceptors (Lipinski definition) is 5. The summed E-state index contributed by atoms with van der Waals surface area (Å²) >= 11 is 0. The largest absolute Gasteiger partial charge is 0.372 e. The first kappa shape index (κ1) is 23.2. The van der Waals surface area contributed by atoms with Crippen molar-refractivity contribution < 1.29 is 0 Å². The van der Waals surface area contributed by atoms with Crippen LogP contribution in [0.25, 0.3) is 0 Å². The third kappa shape index (κ3) is 7.96. The topological polar surface area (TPSA) is 75.9 Å². The van der Waals surface area contributed by atoms with E-state index >= 15 is 0 Å². The molecule has 0 aliphatic rings. The molecule has 1 rings (SSSR count). The lowest BCUT2D eigenvalue weighted by molar-refractivity contribution is 0.771. The van der Waals surface area contributed by atoms with E-state index in [1.54, 1.807) is 20.3 Å². The van der Waals surface area contributed by atoms with Crippen molar-refractivity contribution in [2.45, 2.75) is 19.4 Å². The predicted molar refractivity (Wildman–Crippen MR) is 88.0 cm³/mol. The van der Waals surface area contributed by atoms with Gasteiger partial charge in [-0.15, -0.1) is 37.2 Å². The summed E-state index contributed by atoms with van der Waals surface area (Å²) in [5.41, 5.74) is 6.39. The highest BCUT2D eigenvalue weighted by Crippen LogP contribution is 2.11. The van der Waals surface area contributed by atoms with Gasteiger partial charge in [-0.05, 0) is 6.92 Å². The molecule has 4 N–H and O–H groups in total. The minimum Gasteiger partial charge on any atom is -0.372 e. The average molecular weight is 329 g/mol. The van der Waals surface area contributed by atoms with Gasteiger partial charge in [-0.25, -0.2) is 4.98 Å². The normalized spacial score (nSPS) is 9.47. The fourth-order valence-electron chi connectivity index (χ4n) is 1.09. The van der Waals surface area contributed by atoms with E-state index in [9.17, 15) is 0 Å². The number of aromatic nitrogens is 2. The maximum atomic E-state index is 5.61. The highest BCUT2D eigenvalue weighted by Gasteiger charge is 2.01. The Morgan fingerprint density at radius 3 is 2.37 bits per heavy atom. The van der Waals surface area contributed by atoms with Crippen molar-refractivity contribution in [1.29, 1.82) is 0 Å². The molecule has 0 saturated heterocycles. The molecule has 1 aromatic heterocycles. The third-order valence-electron chi connectivity index (χ3n) is 1.90. The number of halogens is 3. The van der Waals surface area contributed by atoms with Crippen LogP contribution >= 0.6 is 37.2 Å². The van der Waals surface area contributed by atoms with Crippen LogP contribution in [0.2, 0.25) is 0 Å². The van der Waals surface area contributed by atoms with E-state index in [1.165, 1.54) is 0 Å². The van der Waals surface area contributed by atoms with Gasteiger partial charge in [-0.3, -0.25) is 0 Å². The molecule has 0 bridgehead atoms. The van der Waals surface area contributed by atoms with Crippen LogP contribution < -0.4 is 16.4 Å². The molecule has 0 aliphatic heterocycles. The van der Waals surface area contributed by atoms with Gasteiger partial charge < -0.3 is 16.4 Å². The lowest BCUT2D eigenvalue weighted by atomic mass is 10.2. The van der Waals surface area contributed by atoms with Crippen molar-refractivity contribution in [2.24, 2.45) is 5.73 Å². The average Bonchev–Trinajstić information content (AvgIpc) is 2.29. The Bertz CT molecular complexity index is 415. The summed E-state index contributed by atoms with van der Waals surface area (Å²) in [6.45, 7) is 1.92. The van der Waals surface area contributed by atoms with Gasteiger partial charge in [-0.1, -0.05) is 11.8 Å². The Kier molecular flexibility index (Phi) is 14.8. The van der Waals surface area contributed by atoms with E-state index in [4.69, 9.17) is 5.73 Å². The van der Waals surface area contributed by atoms with Crippen LogP contribution in [-0.4, -0.2) is 30.1 Å². The summed E-state index contributed by atoms with van der Waals surface area (Å²) in [5.74, 6) is 7.29. The molecule has 110 valence electrons. The summed E-state index contributed by atoms with van der Waals surface area (Å²) in [4.78, 5) is 8.35. The van der Waals surface area contributed by atoms with Crippen molar-refractivity contribution >= 4 is 49.0 Å². The Morgan fingerprint density at radius 1 is 1.26 bits per heavy atom. The van der Waals surface area contributed by atoms with Gasteiger partial charge in [0.25, 0.3) is 0 Å². The van der Waals surface area contributed by atoms with E-state index in [-0.39, 0.29) is 43.3 Å². The summed E-state index contributed by atoms with van der Waals surface area (Å²) in [7, 11) is 3.58. The molecule has 0 unspecified atom stereocenters. The summed E-state index contributed by atoms with van der Waals surface area (Å²) in [5, 5.41) is 5.86. The SMILES string of the molecule is CNc1ncc(C#CC[C@H](C)N)c(NC)n1.Cl.Cl.Cl. The van der Waals surface area contributed by atoms with Crippen LogP contribution in [0, 0.1) is 11.8 Å². The smallest absolute Gasteiger partial charge is 0.224 e. The standard InChI is InChI=1S/C11H17N5.3ClH/c1-8(12)5-4-6-9-7-15-11(14-3)16-10(9)13-2;;;/h7-8H,5,12H2,1-3H3,(H2,13,14,15,16);3*1H/t8-;;;/m0.../s1. The van der Waals surface area contributed by atoms with Crippen LogP contribution in [0.4, 0.5) is 11.8 Å². The molecule has 0 aromatic carbocycles. The third-order valence-corrected chi connectivity index (χ3v) is 1.90. The molecular weight excluding hydrogens is 309 g/mol. The van der Waals surface area contributed by atoms with Crippen molar-refractivity contribution in [2.75, 3.05) is 24.7 Å². The molecular formula is C11H20Cl3N5. The van der Waals surface area contributed by atoms with Gasteiger partial charge in [0.15, 0.2) is 0 Å². The molecule has 1 atom stereocenters. The van der Waals surface area contributed by atoms with E-state index in [0.29, 0.717) is 12.4 Å². The molecule has 1 heterocycles. The van der Waals surface area contributed by atoms with Gasteiger partial charge in [0.1, 0.15) is 5.82 Å². The highest BCUT2D eigenvalue weighted by atomic mass is 35.5. The number of anilines is 2. The van der Waals surface area contributed by atoms with Crippen molar-refractivity contribution in [3.05, 3.63) is 11.8 Å². The molecule has 19 heavy (non-hydrogen) atoms. The summed E-state index contributed by atoms with van der Waals surface area (Å²) in [6.07, 6.45) is 2.36. The molecule has 0 aliphatic carbocycles. The fraction of sp³-hybridized carbons (Fsp3) is 0.455. The van der Waals surface area contributed by atoms with Crippen molar-refractivity contribution in [1.82, 2.24) is 9.97 Å². The molecule has 0 amide bonds. The Balaban J connectivity index is -0.000000853. The highest BCUT2D eigenvalue weighted by molar-refractivity contribution is 5.86. The minimum atomic E-state index is 0. The minimum absolute atomic E-state index is 0. The number of nitrogens with one attached hydrogen (secondary N) is 2. The van der Waals surface area contributed by atoms with Crippen molar-refractivity contribution in [3.63, 3.8) is 0 Å². The molecule has 0 fully saturated rings. The van der Waals surface area contributed by atoms with Crippen LogP contribution in [0.5, 0.6) is 0 Å². The first-order valence-electron chi connectivity index (χ1n) is 5.14. The van der Waals surface area contributed by atoms with Gasteiger partial charge >= 0.3 is 0 Å². The van der Waals surface area contributed by atoms with Gasteiger partial charge in [0.05, 0.1) is 11.8 Å². The zero-order valence-corrected chi connectivity index (χ0v) is 13.5. The van der Waals surface area contributed by atoms with E-state index in [0.717, 1.165) is 11.4 Å². The predicted octanol–water partition coefficient (Wildman–Crippen LogP) is 1.91. The molecule has 0 radical (unpaired) electrons. The molecule has 1 aromatic rings. The van der Waals surface area contributed by atoms with Gasteiger partial charge in [0.2, 0.25) is 5.95 Å². The number of nitrogens with two attached hydrogens (primary N) is 1. The van der Waals surface area contributed by atoms with Crippen molar-refractivity contribution in [3.8, 4) is 11.8 Å². The Hall–Kier alpha value is -0.930. The maximum Gasteiger partial charge on any atom is 0.224 e. The van der Waals surface area contributed by atoms with Crippen LogP contribution in [0.3, 0.4) is 0 Å². The maximum absolute atomic E-state index is 5.61. The van der Waals surface area contributed by atoms with Gasteiger partial charge in [0, 0.05) is 26.6 Å². The Morgan fingerprint density at radius 2 is 1.89 bits per heavy atom. The van der Waals surface area contributed by atoms with Crippen LogP contribution in [-0.2, 0) is 0 Å². The lowest BCUT2D eigenvalue weighted by Crippen LogP contribution is -2.12. The molecule has 0 saturated carbocycles. The summed E-state index contributed by atoms with van der Waals surface area (Å²) in [6, 6.07) is 0.0861. The molecule has 0 spiro atoms. The quantitative estimate of drug-likeness (QED) is 0.739. The zero-order valence-electron chi connectivity index (χ0n) is 11.1. The van der Waals surface area contributed by atoms with Crippen LogP contribution in [0.1, 0.15) is 18.9 Å². The monoisotopic (exact) mass is 327 g/mol. The van der Waals surface area contributed by atoms with E-state index < -0.39 is 0 Å². The second-order valence-electron chi connectivity index (χ2n) is 3.44. The summed E-state index contributed by atoms with van der Waals surface area (Å²) < 4.78 is 0. The Labute approximate surface area is 132 Å². The van der Waals surface area contributed by atoms with E-state index in [1.807, 2.05) is 6.92 Å². The first-order chi connectivity index (χ1) is 7.67. The first-order valence-corrected chi connectivity index (χ1v) is 5.14. The number of rotatable bonds is 3. The molecule has 8 heteroatoms. The molecule has 5 nitrogen and oxygen atoms in total. The van der Waals surface area contributed by atoms with Gasteiger partial charge in [-0.2, -0.15) is 4.98 Å². The fourth-order valence-corrected chi connectivity index (χ4v) is 1.09. The second kappa shape index (κ2) is 12.1. The number of nitrogens with zero attached hydrogens (tertiary/aromatic N) is 2. The lowest BCUT2D eigenvalue weighted by Gasteiger charge is -2.04. The van der Waals surface area contributed by atoms with E-state index in [2.05, 4.69) is 32.4 Å². The second-order valence-corrected chi connectivity index (χ2v) is 3.44.